The molecular weight excluding hydrogens is 370 g/mol. The monoisotopic (exact) mass is 399 g/mol. The van der Waals surface area contributed by atoms with Gasteiger partial charge in [0.1, 0.15) is 6.07 Å². The van der Waals surface area contributed by atoms with Crippen LogP contribution in [0.1, 0.15) is 69.7 Å². The van der Waals surface area contributed by atoms with Crippen LogP contribution in [0.25, 0.3) is 11.3 Å². The van der Waals surface area contributed by atoms with Gasteiger partial charge in [0.25, 0.3) is 0 Å². The maximum Gasteiger partial charge on any atom is 0.176 e. The van der Waals surface area contributed by atoms with E-state index in [0.717, 1.165) is 18.5 Å². The van der Waals surface area contributed by atoms with E-state index in [1.165, 1.54) is 48.9 Å². The van der Waals surface area contributed by atoms with Crippen LogP contribution in [0.2, 0.25) is 0 Å². The lowest BCUT2D eigenvalue weighted by atomic mass is 9.58. The Kier molecular flexibility index (Phi) is 4.65. The standard InChI is InChI=1S/C26H29N3O/c1-17-22-14-13-21-23(18-9-5-3-6-10-18)29(20-11-7-4-8-12-20)28-25(21)26(22,2)15-19(16-27)24(17)30/h3,5-6,9-10,15,17,20,22H,4,7-8,11-14H2,1-2H3/t17-,22-,26-/m1/s1. The van der Waals surface area contributed by atoms with Crippen molar-refractivity contribution in [2.45, 2.75) is 70.3 Å². The zero-order valence-corrected chi connectivity index (χ0v) is 17.9. The van der Waals surface area contributed by atoms with E-state index in [1.807, 2.05) is 13.0 Å². The Balaban J connectivity index is 1.73. The van der Waals surface area contributed by atoms with Gasteiger partial charge in [0.15, 0.2) is 5.78 Å². The highest BCUT2D eigenvalue weighted by Crippen LogP contribution is 2.51. The SMILES string of the molecule is C[C@H]1C(=O)C(C#N)=C[C@@]2(C)c3nn(C4CCCCC4)c(-c4ccccc4)c3CC[C@H]12. The molecule has 0 radical (unpaired) electrons. The number of nitriles is 1. The van der Waals surface area contributed by atoms with Crippen molar-refractivity contribution in [3.05, 3.63) is 53.2 Å². The number of carbonyl (C=O) groups excluding carboxylic acids is 1. The average molecular weight is 400 g/mol. The third-order valence-corrected chi connectivity index (χ3v) is 7.81. The first-order valence-electron chi connectivity index (χ1n) is 11.4. The summed E-state index contributed by atoms with van der Waals surface area (Å²) in [6, 6.07) is 13.2. The van der Waals surface area contributed by atoms with Gasteiger partial charge in [-0.1, -0.05) is 69.5 Å². The highest BCUT2D eigenvalue weighted by Gasteiger charge is 2.50. The first-order valence-corrected chi connectivity index (χ1v) is 11.4. The van der Waals surface area contributed by atoms with Crippen molar-refractivity contribution in [2.24, 2.45) is 11.8 Å². The van der Waals surface area contributed by atoms with Crippen molar-refractivity contribution in [1.29, 1.82) is 5.26 Å². The van der Waals surface area contributed by atoms with Crippen molar-refractivity contribution < 1.29 is 4.79 Å². The number of Topliss-reactive ketones (excluding diaryl/α,β-unsaturated/α-hetero) is 1. The second kappa shape index (κ2) is 7.23. The number of nitrogens with zero attached hydrogens (tertiary/aromatic N) is 3. The summed E-state index contributed by atoms with van der Waals surface area (Å²) in [6.07, 6.45) is 10.0. The van der Waals surface area contributed by atoms with Crippen LogP contribution in [0.15, 0.2) is 42.0 Å². The van der Waals surface area contributed by atoms with Crippen LogP contribution in [-0.4, -0.2) is 15.6 Å². The van der Waals surface area contributed by atoms with E-state index in [4.69, 9.17) is 5.10 Å². The van der Waals surface area contributed by atoms with Crippen LogP contribution in [0.5, 0.6) is 0 Å². The smallest absolute Gasteiger partial charge is 0.176 e. The molecule has 0 N–H and O–H groups in total. The fourth-order valence-corrected chi connectivity index (χ4v) is 6.24. The summed E-state index contributed by atoms with van der Waals surface area (Å²) in [4.78, 5) is 12.7. The van der Waals surface area contributed by atoms with Crippen molar-refractivity contribution in [3.63, 3.8) is 0 Å². The molecule has 3 aliphatic rings. The fraction of sp³-hybridized carbons (Fsp3) is 0.500. The molecule has 4 nitrogen and oxygen atoms in total. The summed E-state index contributed by atoms with van der Waals surface area (Å²) >= 11 is 0. The first-order chi connectivity index (χ1) is 14.5. The summed E-state index contributed by atoms with van der Waals surface area (Å²) in [5, 5.41) is 14.9. The molecule has 4 heteroatoms. The molecule has 5 rings (SSSR count). The topological polar surface area (TPSA) is 58.7 Å². The van der Waals surface area contributed by atoms with Gasteiger partial charge in [0.05, 0.1) is 23.0 Å². The predicted molar refractivity (Wildman–Crippen MR) is 117 cm³/mol. The van der Waals surface area contributed by atoms with Gasteiger partial charge in [0, 0.05) is 22.5 Å². The highest BCUT2D eigenvalue weighted by molar-refractivity contribution is 6.02. The van der Waals surface area contributed by atoms with Crippen LogP contribution in [0.3, 0.4) is 0 Å². The van der Waals surface area contributed by atoms with Gasteiger partial charge >= 0.3 is 0 Å². The molecule has 0 unspecified atom stereocenters. The number of benzene rings is 1. The predicted octanol–water partition coefficient (Wildman–Crippen LogP) is 5.54. The molecule has 3 atom stereocenters. The van der Waals surface area contributed by atoms with Gasteiger partial charge in [-0.25, -0.2) is 0 Å². The molecule has 0 bridgehead atoms. The first kappa shape index (κ1) is 19.3. The minimum absolute atomic E-state index is 0.00146. The number of ketones is 1. The summed E-state index contributed by atoms with van der Waals surface area (Å²) in [7, 11) is 0. The Morgan fingerprint density at radius 1 is 1.13 bits per heavy atom. The van der Waals surface area contributed by atoms with E-state index < -0.39 is 0 Å². The van der Waals surface area contributed by atoms with Crippen LogP contribution in [0, 0.1) is 23.2 Å². The van der Waals surface area contributed by atoms with Crippen molar-refractivity contribution in [3.8, 4) is 17.3 Å². The number of carbonyl (C=O) groups is 1. The number of allylic oxidation sites excluding steroid dienone is 2. The Hall–Kier alpha value is -2.67. The molecule has 2 aromatic rings. The quantitative estimate of drug-likeness (QED) is 0.666. The Labute approximate surface area is 178 Å². The number of rotatable bonds is 2. The van der Waals surface area contributed by atoms with Crippen LogP contribution >= 0.6 is 0 Å². The van der Waals surface area contributed by atoms with E-state index in [9.17, 15) is 10.1 Å². The normalized spacial score (nSPS) is 29.0. The zero-order valence-electron chi connectivity index (χ0n) is 17.9. The molecule has 30 heavy (non-hydrogen) atoms. The number of hydrogen-bond acceptors (Lipinski definition) is 3. The highest BCUT2D eigenvalue weighted by atomic mass is 16.1. The molecule has 0 amide bonds. The third kappa shape index (κ3) is 2.79. The number of aromatic nitrogens is 2. The van der Waals surface area contributed by atoms with Gasteiger partial charge in [-0.3, -0.25) is 9.48 Å². The lowest BCUT2D eigenvalue weighted by Gasteiger charge is -2.44. The van der Waals surface area contributed by atoms with E-state index >= 15 is 0 Å². The number of fused-ring (bicyclic) bond motifs is 3. The Morgan fingerprint density at radius 2 is 1.87 bits per heavy atom. The van der Waals surface area contributed by atoms with E-state index in [0.29, 0.717) is 11.6 Å². The van der Waals surface area contributed by atoms with Crippen molar-refractivity contribution in [2.75, 3.05) is 0 Å². The second-order valence-electron chi connectivity index (χ2n) is 9.53. The van der Waals surface area contributed by atoms with Crippen LogP contribution in [-0.2, 0) is 16.6 Å². The largest absolute Gasteiger partial charge is 0.293 e. The summed E-state index contributed by atoms with van der Waals surface area (Å²) in [6.45, 7) is 4.19. The van der Waals surface area contributed by atoms with Gasteiger partial charge in [-0.15, -0.1) is 0 Å². The fourth-order valence-electron chi connectivity index (χ4n) is 6.24. The molecule has 0 aliphatic heterocycles. The molecular formula is C26H29N3O. The van der Waals surface area contributed by atoms with Gasteiger partial charge in [-0.05, 0) is 31.6 Å². The Morgan fingerprint density at radius 3 is 2.57 bits per heavy atom. The Bertz CT molecular complexity index is 1050. The van der Waals surface area contributed by atoms with Crippen molar-refractivity contribution >= 4 is 5.78 Å². The van der Waals surface area contributed by atoms with Crippen LogP contribution in [0.4, 0.5) is 0 Å². The minimum atomic E-state index is -0.366. The summed E-state index contributed by atoms with van der Waals surface area (Å²) < 4.78 is 2.31. The molecule has 0 spiro atoms. The minimum Gasteiger partial charge on any atom is -0.293 e. The molecule has 1 saturated carbocycles. The maximum atomic E-state index is 12.7. The van der Waals surface area contributed by atoms with E-state index in [-0.39, 0.29) is 23.0 Å². The number of hydrogen-bond donors (Lipinski definition) is 0. The zero-order chi connectivity index (χ0) is 20.9. The van der Waals surface area contributed by atoms with Crippen LogP contribution < -0.4 is 0 Å². The lowest BCUT2D eigenvalue weighted by Crippen LogP contribution is -2.45. The van der Waals surface area contributed by atoms with Crippen molar-refractivity contribution in [1.82, 2.24) is 9.78 Å². The van der Waals surface area contributed by atoms with Gasteiger partial charge in [0.2, 0.25) is 0 Å². The molecule has 1 fully saturated rings. The second-order valence-corrected chi connectivity index (χ2v) is 9.53. The lowest BCUT2D eigenvalue weighted by molar-refractivity contribution is -0.121. The molecule has 1 aromatic carbocycles. The van der Waals surface area contributed by atoms with E-state index in [2.05, 4.69) is 48.0 Å². The molecule has 1 heterocycles. The molecule has 3 aliphatic carbocycles. The summed E-state index contributed by atoms with van der Waals surface area (Å²) in [5.41, 5.74) is 4.84. The van der Waals surface area contributed by atoms with E-state index in [1.54, 1.807) is 0 Å². The molecule has 154 valence electrons. The summed E-state index contributed by atoms with van der Waals surface area (Å²) in [5.74, 6) is 0.0640. The molecule has 1 aromatic heterocycles. The average Bonchev–Trinajstić information content (AvgIpc) is 3.18. The maximum absolute atomic E-state index is 12.7. The van der Waals surface area contributed by atoms with Gasteiger partial charge < -0.3 is 0 Å². The third-order valence-electron chi connectivity index (χ3n) is 7.81. The molecule has 0 saturated heterocycles. The van der Waals surface area contributed by atoms with Gasteiger partial charge in [-0.2, -0.15) is 10.4 Å².